The van der Waals surface area contributed by atoms with E-state index in [4.69, 9.17) is 0 Å². The third-order valence-corrected chi connectivity index (χ3v) is 4.34. The molecule has 2 heterocycles. The summed E-state index contributed by atoms with van der Waals surface area (Å²) in [5, 5.41) is 3.37. The molecule has 1 atom stereocenters. The van der Waals surface area contributed by atoms with E-state index >= 15 is 0 Å². The number of hydrogen-bond acceptors (Lipinski definition) is 3. The zero-order chi connectivity index (χ0) is 13.2. The zero-order valence-corrected chi connectivity index (χ0v) is 12.0. The molecule has 1 unspecified atom stereocenters. The molecule has 104 valence electrons. The van der Waals surface area contributed by atoms with Crippen LogP contribution in [0.15, 0.2) is 0 Å². The van der Waals surface area contributed by atoms with Gasteiger partial charge < -0.3 is 15.1 Å². The molecule has 2 aliphatic heterocycles. The van der Waals surface area contributed by atoms with Crippen molar-refractivity contribution in [2.75, 3.05) is 39.8 Å². The molecule has 0 bridgehead atoms. The Morgan fingerprint density at radius 3 is 2.83 bits per heavy atom. The summed E-state index contributed by atoms with van der Waals surface area (Å²) in [4.78, 5) is 17.0. The molecule has 1 amide bonds. The van der Waals surface area contributed by atoms with E-state index in [1.165, 1.54) is 25.8 Å². The summed E-state index contributed by atoms with van der Waals surface area (Å²) < 4.78 is 0. The molecule has 18 heavy (non-hydrogen) atoms. The van der Waals surface area contributed by atoms with Crippen molar-refractivity contribution in [1.29, 1.82) is 0 Å². The van der Waals surface area contributed by atoms with Gasteiger partial charge >= 0.3 is 0 Å². The van der Waals surface area contributed by atoms with E-state index in [1.807, 2.05) is 13.8 Å². The maximum absolute atomic E-state index is 12.5. The highest BCUT2D eigenvalue weighted by atomic mass is 16.2. The fraction of sp³-hybridized carbons (Fsp3) is 0.929. The molecule has 2 saturated heterocycles. The van der Waals surface area contributed by atoms with E-state index in [2.05, 4.69) is 22.2 Å². The van der Waals surface area contributed by atoms with Crippen LogP contribution in [0.2, 0.25) is 0 Å². The van der Waals surface area contributed by atoms with Crippen LogP contribution < -0.4 is 5.32 Å². The summed E-state index contributed by atoms with van der Waals surface area (Å²) in [6.07, 6.45) is 3.83. The number of likely N-dealkylation sites (N-methyl/N-ethyl adjacent to an activating group) is 1. The molecule has 0 aromatic carbocycles. The van der Waals surface area contributed by atoms with E-state index < -0.39 is 0 Å². The van der Waals surface area contributed by atoms with Crippen molar-refractivity contribution < 1.29 is 4.79 Å². The first-order valence-corrected chi connectivity index (χ1v) is 7.21. The zero-order valence-electron chi connectivity index (χ0n) is 12.0. The number of piperidine rings is 1. The van der Waals surface area contributed by atoms with Crippen LogP contribution in [0.1, 0.15) is 33.1 Å². The highest BCUT2D eigenvalue weighted by molar-refractivity contribution is 5.82. The molecule has 2 rings (SSSR count). The van der Waals surface area contributed by atoms with Crippen molar-refractivity contribution in [1.82, 2.24) is 15.1 Å². The molecule has 0 radical (unpaired) electrons. The summed E-state index contributed by atoms with van der Waals surface area (Å²) in [5.41, 5.74) is -0.260. The lowest BCUT2D eigenvalue weighted by atomic mass is 9.91. The second kappa shape index (κ2) is 5.57. The van der Waals surface area contributed by atoms with Gasteiger partial charge in [-0.3, -0.25) is 4.79 Å². The third-order valence-electron chi connectivity index (χ3n) is 4.34. The molecular formula is C14H27N3O. The number of nitrogens with zero attached hydrogens (tertiary/aromatic N) is 2. The molecule has 1 N–H and O–H groups in total. The molecule has 4 nitrogen and oxygen atoms in total. The average Bonchev–Trinajstić information content (AvgIpc) is 2.45. The number of rotatable bonds is 2. The quantitative estimate of drug-likeness (QED) is 0.795. The minimum Gasteiger partial charge on any atom is -0.339 e. The Bertz CT molecular complexity index is 303. The largest absolute Gasteiger partial charge is 0.339 e. The van der Waals surface area contributed by atoms with Crippen LogP contribution in [0.5, 0.6) is 0 Å². The molecule has 0 saturated carbocycles. The topological polar surface area (TPSA) is 35.6 Å². The Morgan fingerprint density at radius 2 is 2.11 bits per heavy atom. The minimum atomic E-state index is -0.260. The Hall–Kier alpha value is -0.610. The molecule has 4 heteroatoms. The van der Waals surface area contributed by atoms with Gasteiger partial charge in [0.2, 0.25) is 5.91 Å². The number of carbonyl (C=O) groups excluding carboxylic acids is 1. The summed E-state index contributed by atoms with van der Waals surface area (Å²) >= 11 is 0. The van der Waals surface area contributed by atoms with Crippen molar-refractivity contribution in [3.63, 3.8) is 0 Å². The lowest BCUT2D eigenvalue weighted by Gasteiger charge is -2.37. The molecule has 0 aromatic heterocycles. The third kappa shape index (κ3) is 3.04. The number of hydrogen-bond donors (Lipinski definition) is 1. The lowest BCUT2D eigenvalue weighted by molar-refractivity contribution is -0.139. The monoisotopic (exact) mass is 253 g/mol. The maximum atomic E-state index is 12.5. The van der Waals surface area contributed by atoms with E-state index in [9.17, 15) is 4.79 Å². The summed E-state index contributed by atoms with van der Waals surface area (Å²) in [5.74, 6) is 0.312. The van der Waals surface area contributed by atoms with Crippen LogP contribution >= 0.6 is 0 Å². The van der Waals surface area contributed by atoms with Crippen molar-refractivity contribution in [2.24, 2.45) is 5.41 Å². The first-order chi connectivity index (χ1) is 8.50. The van der Waals surface area contributed by atoms with Gasteiger partial charge in [0.05, 0.1) is 5.41 Å². The fourth-order valence-corrected chi connectivity index (χ4v) is 3.02. The SMILES string of the molecule is CN1CCCCC1CN1CCNCC(C)(C)C1=O. The van der Waals surface area contributed by atoms with Crippen molar-refractivity contribution in [3.05, 3.63) is 0 Å². The highest BCUT2D eigenvalue weighted by Crippen LogP contribution is 2.22. The van der Waals surface area contributed by atoms with E-state index in [-0.39, 0.29) is 5.41 Å². The Labute approximate surface area is 111 Å². The van der Waals surface area contributed by atoms with Gasteiger partial charge in [-0.2, -0.15) is 0 Å². The normalized spacial score (nSPS) is 30.3. The number of nitrogens with one attached hydrogen (secondary N) is 1. The van der Waals surface area contributed by atoms with Crippen molar-refractivity contribution in [2.45, 2.75) is 39.2 Å². The molecule has 2 fully saturated rings. The molecule has 0 spiro atoms. The van der Waals surface area contributed by atoms with Gasteiger partial charge in [-0.15, -0.1) is 0 Å². The lowest BCUT2D eigenvalue weighted by Crippen LogP contribution is -2.49. The van der Waals surface area contributed by atoms with Crippen molar-refractivity contribution >= 4 is 5.91 Å². The standard InChI is InChI=1S/C14H27N3O/c1-14(2)11-15-7-9-17(13(14)18)10-12-6-4-5-8-16(12)3/h12,15H,4-11H2,1-3H3. The molecule has 2 aliphatic rings. The second-order valence-electron chi connectivity index (χ2n) is 6.44. The van der Waals surface area contributed by atoms with E-state index in [0.717, 1.165) is 26.2 Å². The predicted octanol–water partition coefficient (Wildman–Crippen LogP) is 0.929. The summed E-state index contributed by atoms with van der Waals surface area (Å²) in [6, 6.07) is 0.552. The van der Waals surface area contributed by atoms with Crippen LogP contribution in [-0.4, -0.2) is 61.5 Å². The van der Waals surface area contributed by atoms with Crippen LogP contribution in [0.25, 0.3) is 0 Å². The van der Waals surface area contributed by atoms with Gasteiger partial charge in [-0.1, -0.05) is 6.42 Å². The Balaban J connectivity index is 2.00. The van der Waals surface area contributed by atoms with Gasteiger partial charge in [0.25, 0.3) is 0 Å². The Kier molecular flexibility index (Phi) is 4.28. The van der Waals surface area contributed by atoms with E-state index in [0.29, 0.717) is 11.9 Å². The number of likely N-dealkylation sites (tertiary alicyclic amines) is 1. The molecule has 0 aromatic rings. The average molecular weight is 253 g/mol. The van der Waals surface area contributed by atoms with Crippen molar-refractivity contribution in [3.8, 4) is 0 Å². The predicted molar refractivity (Wildman–Crippen MR) is 73.5 cm³/mol. The van der Waals surface area contributed by atoms with Gasteiger partial charge in [-0.05, 0) is 40.3 Å². The van der Waals surface area contributed by atoms with Crippen LogP contribution in [0, 0.1) is 5.41 Å². The van der Waals surface area contributed by atoms with Gasteiger partial charge in [0.1, 0.15) is 0 Å². The first kappa shape index (κ1) is 13.8. The van der Waals surface area contributed by atoms with Crippen LogP contribution in [-0.2, 0) is 4.79 Å². The Morgan fingerprint density at radius 1 is 1.33 bits per heavy atom. The summed E-state index contributed by atoms with van der Waals surface area (Å²) in [6.45, 7) is 8.74. The van der Waals surface area contributed by atoms with Gasteiger partial charge in [-0.25, -0.2) is 0 Å². The van der Waals surface area contributed by atoms with E-state index in [1.54, 1.807) is 0 Å². The molecular weight excluding hydrogens is 226 g/mol. The highest BCUT2D eigenvalue weighted by Gasteiger charge is 2.35. The minimum absolute atomic E-state index is 0.260. The maximum Gasteiger partial charge on any atom is 0.229 e. The number of amides is 1. The first-order valence-electron chi connectivity index (χ1n) is 7.21. The smallest absolute Gasteiger partial charge is 0.229 e. The molecule has 0 aliphatic carbocycles. The summed E-state index contributed by atoms with van der Waals surface area (Å²) in [7, 11) is 2.19. The van der Waals surface area contributed by atoms with Gasteiger partial charge in [0, 0.05) is 32.2 Å². The second-order valence-corrected chi connectivity index (χ2v) is 6.44. The number of carbonyl (C=O) groups is 1. The van der Waals surface area contributed by atoms with Crippen LogP contribution in [0.4, 0.5) is 0 Å². The van der Waals surface area contributed by atoms with Gasteiger partial charge in [0.15, 0.2) is 0 Å². The fourth-order valence-electron chi connectivity index (χ4n) is 3.02. The van der Waals surface area contributed by atoms with Crippen LogP contribution in [0.3, 0.4) is 0 Å².